The van der Waals surface area contributed by atoms with Crippen molar-refractivity contribution in [3.63, 3.8) is 0 Å². The van der Waals surface area contributed by atoms with Crippen LogP contribution >= 0.6 is 0 Å². The number of pyridine rings is 2. The molecule has 1 fully saturated rings. The zero-order valence-corrected chi connectivity index (χ0v) is 18.1. The largest absolute Gasteiger partial charge is 0.454 e. The molecule has 0 radical (unpaired) electrons. The highest BCUT2D eigenvalue weighted by atomic mass is 16.7. The van der Waals surface area contributed by atoms with Gasteiger partial charge in [-0.3, -0.25) is 9.20 Å². The predicted octanol–water partition coefficient (Wildman–Crippen LogP) is 2.27. The number of benzene rings is 1. The van der Waals surface area contributed by atoms with Gasteiger partial charge in [0.1, 0.15) is 5.65 Å². The summed E-state index contributed by atoms with van der Waals surface area (Å²) in [6, 6.07) is 7.74. The Hall–Kier alpha value is -3.59. The van der Waals surface area contributed by atoms with Gasteiger partial charge in [-0.05, 0) is 32.1 Å². The molecule has 1 aromatic carbocycles. The minimum absolute atomic E-state index is 0.183. The van der Waals surface area contributed by atoms with Gasteiger partial charge < -0.3 is 24.6 Å². The number of aromatic nitrogens is 3. The van der Waals surface area contributed by atoms with Gasteiger partial charge in [0, 0.05) is 56.1 Å². The highest BCUT2D eigenvalue weighted by Crippen LogP contribution is 2.38. The van der Waals surface area contributed by atoms with E-state index in [0.717, 1.165) is 60.4 Å². The van der Waals surface area contributed by atoms with Crippen LogP contribution in [0.2, 0.25) is 0 Å². The summed E-state index contributed by atoms with van der Waals surface area (Å²) in [4.78, 5) is 27.1. The van der Waals surface area contributed by atoms with Crippen molar-refractivity contribution in [3.8, 4) is 11.5 Å². The Labute approximate surface area is 184 Å². The quantitative estimate of drug-likeness (QED) is 0.520. The van der Waals surface area contributed by atoms with E-state index in [1.165, 1.54) is 0 Å². The maximum absolute atomic E-state index is 12.9. The molecule has 0 aliphatic carbocycles. The van der Waals surface area contributed by atoms with E-state index in [9.17, 15) is 4.79 Å². The van der Waals surface area contributed by atoms with Crippen molar-refractivity contribution in [1.29, 1.82) is 0 Å². The summed E-state index contributed by atoms with van der Waals surface area (Å²) in [5.74, 6) is 1.15. The van der Waals surface area contributed by atoms with Crippen LogP contribution in [0.15, 0.2) is 30.5 Å². The number of nitrogens with one attached hydrogen (secondary N) is 1. The van der Waals surface area contributed by atoms with Crippen molar-refractivity contribution in [2.75, 3.05) is 52.0 Å². The summed E-state index contributed by atoms with van der Waals surface area (Å²) in [6.07, 6.45) is 2.92. The van der Waals surface area contributed by atoms with Crippen LogP contribution in [0.3, 0.4) is 0 Å². The number of ether oxygens (including phenoxy) is 2. The van der Waals surface area contributed by atoms with Gasteiger partial charge in [-0.1, -0.05) is 0 Å². The average molecular weight is 432 g/mol. The summed E-state index contributed by atoms with van der Waals surface area (Å²) in [5, 5.41) is 3.69. The van der Waals surface area contributed by atoms with E-state index in [2.05, 4.69) is 22.2 Å². The third kappa shape index (κ3) is 2.85. The molecule has 32 heavy (non-hydrogen) atoms. The molecule has 0 spiro atoms. The lowest BCUT2D eigenvalue weighted by atomic mass is 10.1. The van der Waals surface area contributed by atoms with Gasteiger partial charge >= 0.3 is 0 Å². The standard InChI is InChI=1S/C23H24N6O3/c1-24-23(30)15-10-14-17(28-7-3-6-27(2)8-9-28)4-5-25-21(14)29-18-12-20-19(31-13-32-20)11-16(18)26-22(15)29/h4-5,10-12H,3,6-9,13H2,1-2H3,(H,24,30). The molecule has 9 heteroatoms. The van der Waals surface area contributed by atoms with E-state index in [0.29, 0.717) is 22.7 Å². The lowest BCUT2D eigenvalue weighted by Crippen LogP contribution is -2.29. The van der Waals surface area contributed by atoms with Gasteiger partial charge in [0.2, 0.25) is 6.79 Å². The van der Waals surface area contributed by atoms with Gasteiger partial charge in [0.25, 0.3) is 5.91 Å². The van der Waals surface area contributed by atoms with Crippen LogP contribution in [-0.2, 0) is 0 Å². The van der Waals surface area contributed by atoms with Crippen LogP contribution in [0.25, 0.3) is 27.7 Å². The number of likely N-dealkylation sites (N-methyl/N-ethyl adjacent to an activating group) is 1. The van der Waals surface area contributed by atoms with Crippen molar-refractivity contribution >= 4 is 39.3 Å². The number of hydrogen-bond acceptors (Lipinski definition) is 7. The number of nitrogens with zero attached hydrogens (tertiary/aromatic N) is 5. The van der Waals surface area contributed by atoms with Gasteiger partial charge in [0.15, 0.2) is 17.1 Å². The molecule has 9 nitrogen and oxygen atoms in total. The fraction of sp³-hybridized carbons (Fsp3) is 0.348. The minimum atomic E-state index is -0.183. The molecular weight excluding hydrogens is 408 g/mol. The monoisotopic (exact) mass is 432 g/mol. The van der Waals surface area contributed by atoms with E-state index < -0.39 is 0 Å². The number of fused-ring (bicyclic) bond motifs is 6. The van der Waals surface area contributed by atoms with Crippen LogP contribution in [0.4, 0.5) is 5.69 Å². The maximum atomic E-state index is 12.9. The molecule has 2 aliphatic rings. The van der Waals surface area contributed by atoms with Gasteiger partial charge in [-0.15, -0.1) is 0 Å². The number of amides is 1. The van der Waals surface area contributed by atoms with Crippen molar-refractivity contribution in [2.45, 2.75) is 6.42 Å². The third-order valence-electron chi connectivity index (χ3n) is 6.37. The second-order valence-electron chi connectivity index (χ2n) is 8.31. The Morgan fingerprint density at radius 1 is 1.06 bits per heavy atom. The van der Waals surface area contributed by atoms with Crippen molar-refractivity contribution in [2.24, 2.45) is 0 Å². The lowest BCUT2D eigenvalue weighted by Gasteiger charge is -2.24. The van der Waals surface area contributed by atoms with Crippen LogP contribution < -0.4 is 19.7 Å². The number of carbonyl (C=O) groups is 1. The maximum Gasteiger partial charge on any atom is 0.254 e. The van der Waals surface area contributed by atoms with Crippen molar-refractivity contribution in [1.82, 2.24) is 24.6 Å². The first-order chi connectivity index (χ1) is 15.6. The average Bonchev–Trinajstić information content (AvgIpc) is 3.35. The minimum Gasteiger partial charge on any atom is -0.454 e. The third-order valence-corrected chi connectivity index (χ3v) is 6.37. The molecule has 0 bridgehead atoms. The second kappa shape index (κ2) is 7.23. The number of carbonyl (C=O) groups excluding carboxylic acids is 1. The molecule has 164 valence electrons. The van der Waals surface area contributed by atoms with Crippen LogP contribution in [0.1, 0.15) is 16.8 Å². The molecule has 0 saturated carbocycles. The van der Waals surface area contributed by atoms with Crippen LogP contribution in [0.5, 0.6) is 11.5 Å². The molecule has 6 rings (SSSR count). The van der Waals surface area contributed by atoms with Crippen molar-refractivity contribution in [3.05, 3.63) is 36.0 Å². The van der Waals surface area contributed by atoms with Gasteiger partial charge in [-0.25, -0.2) is 9.97 Å². The molecular formula is C23H24N6O3. The lowest BCUT2D eigenvalue weighted by molar-refractivity contribution is 0.0964. The summed E-state index contributed by atoms with van der Waals surface area (Å²) >= 11 is 0. The summed E-state index contributed by atoms with van der Waals surface area (Å²) in [7, 11) is 3.79. The van der Waals surface area contributed by atoms with E-state index in [-0.39, 0.29) is 12.7 Å². The Kier molecular flexibility index (Phi) is 4.32. The molecule has 5 heterocycles. The number of imidazole rings is 1. The highest BCUT2D eigenvalue weighted by Gasteiger charge is 2.24. The Bertz CT molecular complexity index is 1380. The van der Waals surface area contributed by atoms with E-state index in [1.54, 1.807) is 7.05 Å². The second-order valence-corrected chi connectivity index (χ2v) is 8.31. The van der Waals surface area contributed by atoms with Gasteiger partial charge in [-0.2, -0.15) is 0 Å². The SMILES string of the molecule is CNC(=O)c1cc2c(N3CCCN(C)CC3)ccnc2n2c1nc1cc3c(cc12)OCO3. The number of rotatable bonds is 2. The fourth-order valence-electron chi connectivity index (χ4n) is 4.71. The first-order valence-electron chi connectivity index (χ1n) is 10.8. The highest BCUT2D eigenvalue weighted by molar-refractivity contribution is 6.07. The van der Waals surface area contributed by atoms with Crippen molar-refractivity contribution < 1.29 is 14.3 Å². The fourth-order valence-corrected chi connectivity index (χ4v) is 4.71. The molecule has 3 aromatic heterocycles. The van der Waals surface area contributed by atoms with Crippen LogP contribution in [-0.4, -0.2) is 72.2 Å². The molecule has 1 saturated heterocycles. The van der Waals surface area contributed by atoms with E-state index in [1.807, 2.05) is 34.9 Å². The first-order valence-corrected chi connectivity index (χ1v) is 10.8. The number of anilines is 1. The zero-order valence-electron chi connectivity index (χ0n) is 18.1. The smallest absolute Gasteiger partial charge is 0.254 e. The first kappa shape index (κ1) is 19.1. The predicted molar refractivity (Wildman–Crippen MR) is 122 cm³/mol. The van der Waals surface area contributed by atoms with E-state index in [4.69, 9.17) is 19.4 Å². The van der Waals surface area contributed by atoms with E-state index >= 15 is 0 Å². The van der Waals surface area contributed by atoms with Gasteiger partial charge in [0.05, 0.1) is 16.6 Å². The molecule has 1 amide bonds. The molecule has 0 unspecified atom stereocenters. The Morgan fingerprint density at radius 2 is 1.91 bits per heavy atom. The molecule has 1 N–H and O–H groups in total. The Morgan fingerprint density at radius 3 is 2.75 bits per heavy atom. The summed E-state index contributed by atoms with van der Waals surface area (Å²) in [6.45, 7) is 4.14. The molecule has 0 atom stereocenters. The Balaban J connectivity index is 1.66. The zero-order chi connectivity index (χ0) is 21.8. The molecule has 2 aliphatic heterocycles. The normalized spacial score (nSPS) is 16.8. The topological polar surface area (TPSA) is 84.2 Å². The summed E-state index contributed by atoms with van der Waals surface area (Å²) in [5.41, 5.74) is 4.50. The molecule has 4 aromatic rings. The van der Waals surface area contributed by atoms with Crippen LogP contribution in [0, 0.1) is 0 Å². The summed E-state index contributed by atoms with van der Waals surface area (Å²) < 4.78 is 13.1. The number of hydrogen-bond donors (Lipinski definition) is 1.